The maximum atomic E-state index is 13.5. The van der Waals surface area contributed by atoms with Crippen LogP contribution in [0.2, 0.25) is 0 Å². The van der Waals surface area contributed by atoms with Gasteiger partial charge in [0.15, 0.2) is 5.78 Å². The molecule has 3 atom stereocenters. The first-order chi connectivity index (χ1) is 16.5. The minimum atomic E-state index is -0.383. The lowest BCUT2D eigenvalue weighted by Crippen LogP contribution is -2.33. The zero-order valence-corrected chi connectivity index (χ0v) is 20.7. The van der Waals surface area contributed by atoms with E-state index in [9.17, 15) is 9.59 Å². The number of aryl methyl sites for hydroxylation is 1. The van der Waals surface area contributed by atoms with Crippen LogP contribution in [0.4, 0.5) is 5.69 Å². The largest absolute Gasteiger partial charge is 0.459 e. The maximum absolute atomic E-state index is 13.5. The second-order valence-corrected chi connectivity index (χ2v) is 10.6. The summed E-state index contributed by atoms with van der Waals surface area (Å²) in [7, 11) is 0. The zero-order chi connectivity index (χ0) is 23.8. The van der Waals surface area contributed by atoms with Crippen LogP contribution in [0.5, 0.6) is 0 Å². The average molecular weight is 476 g/mol. The topological polar surface area (TPSA) is 69.4 Å². The molecule has 0 saturated heterocycles. The summed E-state index contributed by atoms with van der Waals surface area (Å²) in [5.74, 6) is 1.02. The molecule has 0 radical (unpaired) electrons. The Labute approximate surface area is 207 Å². The van der Waals surface area contributed by atoms with Crippen molar-refractivity contribution in [3.63, 3.8) is 0 Å². The van der Waals surface area contributed by atoms with E-state index in [1.807, 2.05) is 24.3 Å². The maximum Gasteiger partial charge on any atom is 0.340 e. The van der Waals surface area contributed by atoms with Gasteiger partial charge in [-0.15, -0.1) is 0 Å². The van der Waals surface area contributed by atoms with E-state index in [-0.39, 0.29) is 23.5 Å². The van der Waals surface area contributed by atoms with Crippen molar-refractivity contribution >= 4 is 34.5 Å². The Balaban J connectivity index is 1.49. The SMILES string of the molecule is CCCCc1cc(C(=O)OC2CCC3CCCCC3C2)c(N)c2c1C(=O)c1ccccc1C2=S. The molecule has 0 aromatic heterocycles. The van der Waals surface area contributed by atoms with E-state index in [4.69, 9.17) is 22.7 Å². The summed E-state index contributed by atoms with van der Waals surface area (Å²) in [4.78, 5) is 27.4. The lowest BCUT2D eigenvalue weighted by molar-refractivity contribution is -0.000848. The molecule has 5 rings (SSSR count). The summed E-state index contributed by atoms with van der Waals surface area (Å²) in [5.41, 5.74) is 10.5. The van der Waals surface area contributed by atoms with Gasteiger partial charge in [-0.2, -0.15) is 0 Å². The number of carbonyl (C=O) groups excluding carboxylic acids is 2. The van der Waals surface area contributed by atoms with Gasteiger partial charge in [0.2, 0.25) is 0 Å². The number of fused-ring (bicyclic) bond motifs is 3. The van der Waals surface area contributed by atoms with Crippen molar-refractivity contribution < 1.29 is 14.3 Å². The van der Waals surface area contributed by atoms with Gasteiger partial charge in [-0.3, -0.25) is 4.79 Å². The highest BCUT2D eigenvalue weighted by Crippen LogP contribution is 2.42. The first-order valence-corrected chi connectivity index (χ1v) is 13.2. The van der Waals surface area contributed by atoms with E-state index in [1.165, 1.54) is 25.7 Å². The van der Waals surface area contributed by atoms with Crippen molar-refractivity contribution in [3.05, 3.63) is 63.7 Å². The molecule has 4 nitrogen and oxygen atoms in total. The Morgan fingerprint density at radius 2 is 1.79 bits per heavy atom. The lowest BCUT2D eigenvalue weighted by Gasteiger charge is -2.38. The molecule has 2 N–H and O–H groups in total. The van der Waals surface area contributed by atoms with E-state index >= 15 is 0 Å². The number of carbonyl (C=O) groups is 2. The van der Waals surface area contributed by atoms with Crippen molar-refractivity contribution in [2.24, 2.45) is 11.8 Å². The molecule has 0 aliphatic heterocycles. The Morgan fingerprint density at radius 3 is 2.56 bits per heavy atom. The minimum absolute atomic E-state index is 0.0596. The molecule has 5 heteroatoms. The summed E-state index contributed by atoms with van der Waals surface area (Å²) < 4.78 is 6.04. The molecule has 0 heterocycles. The van der Waals surface area contributed by atoms with Crippen LogP contribution in [0.25, 0.3) is 0 Å². The second kappa shape index (κ2) is 9.61. The molecule has 178 valence electrons. The molecule has 2 saturated carbocycles. The second-order valence-electron chi connectivity index (χ2n) is 10.2. The number of esters is 1. The number of rotatable bonds is 5. The summed E-state index contributed by atoms with van der Waals surface area (Å²) in [6.07, 6.45) is 10.7. The number of anilines is 1. The fourth-order valence-corrected chi connectivity index (χ4v) is 6.67. The molecule has 0 amide bonds. The standard InChI is InChI=1S/C29H33NO3S/c1-2-3-8-19-16-23(29(32)33-20-14-13-17-9-4-5-10-18(17)15-20)26(30)25-24(19)27(31)21-11-6-7-12-22(21)28(25)34/h6-7,11-12,16-18,20H,2-5,8-10,13-15,30H2,1H3. The van der Waals surface area contributed by atoms with E-state index < -0.39 is 0 Å². The molecule has 2 aromatic carbocycles. The van der Waals surface area contributed by atoms with Crippen LogP contribution in [-0.2, 0) is 11.2 Å². The van der Waals surface area contributed by atoms with E-state index in [0.717, 1.165) is 43.6 Å². The van der Waals surface area contributed by atoms with Crippen molar-refractivity contribution in [1.29, 1.82) is 0 Å². The van der Waals surface area contributed by atoms with Gasteiger partial charge in [-0.25, -0.2) is 4.79 Å². The normalized spacial score (nSPS) is 23.6. The third kappa shape index (κ3) is 4.08. The van der Waals surface area contributed by atoms with Gasteiger partial charge >= 0.3 is 5.97 Å². The quantitative estimate of drug-likeness (QED) is 0.261. The predicted molar refractivity (Wildman–Crippen MR) is 139 cm³/mol. The molecule has 2 aromatic rings. The van der Waals surface area contributed by atoms with Crippen molar-refractivity contribution in [1.82, 2.24) is 0 Å². The number of nitrogen functional groups attached to an aromatic ring is 1. The molecule has 3 unspecified atom stereocenters. The lowest BCUT2D eigenvalue weighted by atomic mass is 9.70. The third-order valence-electron chi connectivity index (χ3n) is 8.10. The van der Waals surface area contributed by atoms with Gasteiger partial charge in [-0.1, -0.05) is 75.5 Å². The van der Waals surface area contributed by atoms with E-state index in [1.54, 1.807) is 6.07 Å². The average Bonchev–Trinajstić information content (AvgIpc) is 2.86. The minimum Gasteiger partial charge on any atom is -0.459 e. The fraction of sp³-hybridized carbons (Fsp3) is 0.483. The summed E-state index contributed by atoms with van der Waals surface area (Å²) in [6, 6.07) is 9.20. The van der Waals surface area contributed by atoms with Crippen LogP contribution >= 0.6 is 12.2 Å². The van der Waals surface area contributed by atoms with Crippen LogP contribution in [0.15, 0.2) is 30.3 Å². The fourth-order valence-electron chi connectivity index (χ4n) is 6.28. The Kier molecular flexibility index (Phi) is 6.57. The monoisotopic (exact) mass is 475 g/mol. The molecular formula is C29H33NO3S. The number of thiocarbonyl (C=S) groups is 1. The van der Waals surface area contributed by atoms with Crippen LogP contribution < -0.4 is 5.73 Å². The Morgan fingerprint density at radius 1 is 1.06 bits per heavy atom. The zero-order valence-electron chi connectivity index (χ0n) is 19.9. The molecule has 3 aliphatic carbocycles. The van der Waals surface area contributed by atoms with Crippen LogP contribution in [0, 0.1) is 11.8 Å². The number of ketones is 1. The highest BCUT2D eigenvalue weighted by Gasteiger charge is 2.36. The molecule has 0 bridgehead atoms. The highest BCUT2D eigenvalue weighted by atomic mass is 32.1. The Bertz CT molecular complexity index is 1150. The van der Waals surface area contributed by atoms with E-state index in [0.29, 0.717) is 45.0 Å². The van der Waals surface area contributed by atoms with Gasteiger partial charge in [0.1, 0.15) is 6.10 Å². The summed E-state index contributed by atoms with van der Waals surface area (Å²) in [6.45, 7) is 2.11. The third-order valence-corrected chi connectivity index (χ3v) is 8.53. The highest BCUT2D eigenvalue weighted by molar-refractivity contribution is 7.81. The van der Waals surface area contributed by atoms with Gasteiger partial charge < -0.3 is 10.5 Å². The molecule has 0 spiro atoms. The molecule has 2 fully saturated rings. The van der Waals surface area contributed by atoms with Crippen LogP contribution in [0.1, 0.15) is 108 Å². The molecule has 3 aliphatic rings. The molecular weight excluding hydrogens is 442 g/mol. The van der Waals surface area contributed by atoms with Gasteiger partial charge in [0.25, 0.3) is 0 Å². The van der Waals surface area contributed by atoms with Gasteiger partial charge in [0.05, 0.1) is 16.1 Å². The smallest absolute Gasteiger partial charge is 0.340 e. The Hall–Kier alpha value is -2.53. The summed E-state index contributed by atoms with van der Waals surface area (Å²) >= 11 is 5.82. The van der Waals surface area contributed by atoms with Gasteiger partial charge in [-0.05, 0) is 55.6 Å². The first kappa shape index (κ1) is 23.2. The number of benzene rings is 2. The van der Waals surface area contributed by atoms with Crippen LogP contribution in [-0.4, -0.2) is 22.7 Å². The number of nitrogens with two attached hydrogens (primary N) is 1. The van der Waals surface area contributed by atoms with Crippen molar-refractivity contribution in [2.45, 2.75) is 77.2 Å². The van der Waals surface area contributed by atoms with Gasteiger partial charge in [0, 0.05) is 22.3 Å². The van der Waals surface area contributed by atoms with E-state index in [2.05, 4.69) is 6.92 Å². The van der Waals surface area contributed by atoms with Crippen molar-refractivity contribution in [2.75, 3.05) is 5.73 Å². The molecule has 34 heavy (non-hydrogen) atoms. The number of ether oxygens (including phenoxy) is 1. The number of hydrogen-bond donors (Lipinski definition) is 1. The van der Waals surface area contributed by atoms with Crippen molar-refractivity contribution in [3.8, 4) is 0 Å². The van der Waals surface area contributed by atoms with Crippen LogP contribution in [0.3, 0.4) is 0 Å². The predicted octanol–water partition coefficient (Wildman–Crippen LogP) is 6.44. The number of unbranched alkanes of at least 4 members (excludes halogenated alkanes) is 1. The summed E-state index contributed by atoms with van der Waals surface area (Å²) in [5, 5.41) is 0. The first-order valence-electron chi connectivity index (χ1n) is 12.8. The number of hydrogen-bond acceptors (Lipinski definition) is 5.